The predicted molar refractivity (Wildman–Crippen MR) is 113 cm³/mol. The molecule has 0 aliphatic carbocycles. The smallest absolute Gasteiger partial charge is 0.0358 e. The molecule has 0 saturated carbocycles. The van der Waals surface area contributed by atoms with Crippen LogP contribution in [0.15, 0.2) is 18.2 Å². The van der Waals surface area contributed by atoms with Gasteiger partial charge in [-0.1, -0.05) is 80.0 Å². The number of benzene rings is 1. The molecule has 0 radical (unpaired) electrons. The summed E-state index contributed by atoms with van der Waals surface area (Å²) in [6.07, 6.45) is 4.66. The van der Waals surface area contributed by atoms with Gasteiger partial charge in [0.2, 0.25) is 0 Å². The number of thiol groups is 1. The fraction of sp³-hybridized carbons (Fsp3) is 0.739. The first kappa shape index (κ1) is 21.6. The zero-order valence-electron chi connectivity index (χ0n) is 17.6. The second-order valence-corrected chi connectivity index (χ2v) is 10.5. The standard InChI is InChI=1S/C23H40S/c1-10-15-22(7,8)19-14-12-13-18(21(5,6)11-2)20(19)23(9,24)16-17(3)4/h12-14,17,24H,10-11,15-16H2,1-9H3. The van der Waals surface area contributed by atoms with Crippen molar-refractivity contribution >= 4 is 12.6 Å². The topological polar surface area (TPSA) is 0 Å². The molecule has 0 aliphatic heterocycles. The molecule has 1 heteroatoms. The molecule has 1 unspecified atom stereocenters. The van der Waals surface area contributed by atoms with Gasteiger partial charge in [0, 0.05) is 4.75 Å². The highest BCUT2D eigenvalue weighted by Crippen LogP contribution is 2.47. The number of hydrogen-bond donors (Lipinski definition) is 1. The van der Waals surface area contributed by atoms with Gasteiger partial charge in [-0.3, -0.25) is 0 Å². The molecular weight excluding hydrogens is 308 g/mol. The Kier molecular flexibility index (Phi) is 7.07. The summed E-state index contributed by atoms with van der Waals surface area (Å²) in [5.41, 5.74) is 4.85. The quantitative estimate of drug-likeness (QED) is 0.458. The maximum absolute atomic E-state index is 5.23. The summed E-state index contributed by atoms with van der Waals surface area (Å²) < 4.78 is -0.0997. The zero-order valence-corrected chi connectivity index (χ0v) is 18.5. The summed E-state index contributed by atoms with van der Waals surface area (Å²) in [5, 5.41) is 0. The molecule has 0 spiro atoms. The highest BCUT2D eigenvalue weighted by molar-refractivity contribution is 7.81. The van der Waals surface area contributed by atoms with Crippen molar-refractivity contribution in [1.29, 1.82) is 0 Å². The Morgan fingerprint density at radius 1 is 0.917 bits per heavy atom. The van der Waals surface area contributed by atoms with Crippen LogP contribution in [-0.2, 0) is 15.6 Å². The van der Waals surface area contributed by atoms with Crippen molar-refractivity contribution in [3.63, 3.8) is 0 Å². The third kappa shape index (κ3) is 4.81. The lowest BCUT2D eigenvalue weighted by Gasteiger charge is -2.40. The van der Waals surface area contributed by atoms with Crippen LogP contribution in [0, 0.1) is 5.92 Å². The fourth-order valence-electron chi connectivity index (χ4n) is 4.11. The molecule has 24 heavy (non-hydrogen) atoms. The Balaban J connectivity index is 3.71. The van der Waals surface area contributed by atoms with Gasteiger partial charge in [-0.25, -0.2) is 0 Å². The summed E-state index contributed by atoms with van der Waals surface area (Å²) in [6, 6.07) is 6.97. The second kappa shape index (κ2) is 7.85. The van der Waals surface area contributed by atoms with Crippen LogP contribution in [0.4, 0.5) is 0 Å². The Morgan fingerprint density at radius 2 is 1.42 bits per heavy atom. The minimum Gasteiger partial charge on any atom is -0.168 e. The van der Waals surface area contributed by atoms with Crippen LogP contribution in [-0.4, -0.2) is 0 Å². The van der Waals surface area contributed by atoms with Gasteiger partial charge in [0.25, 0.3) is 0 Å². The lowest BCUT2D eigenvalue weighted by Crippen LogP contribution is -2.31. The fourth-order valence-corrected chi connectivity index (χ4v) is 4.71. The van der Waals surface area contributed by atoms with E-state index in [0.717, 1.165) is 12.8 Å². The van der Waals surface area contributed by atoms with Crippen molar-refractivity contribution in [2.45, 2.75) is 104 Å². The van der Waals surface area contributed by atoms with E-state index >= 15 is 0 Å². The maximum Gasteiger partial charge on any atom is 0.0358 e. The molecule has 0 amide bonds. The molecule has 138 valence electrons. The summed E-state index contributed by atoms with van der Waals surface area (Å²) in [5.74, 6) is 0.632. The zero-order chi connectivity index (χ0) is 18.8. The number of rotatable bonds is 8. The minimum absolute atomic E-state index is 0.0997. The predicted octanol–water partition coefficient (Wildman–Crippen LogP) is 7.64. The van der Waals surface area contributed by atoms with Gasteiger partial charge < -0.3 is 0 Å². The van der Waals surface area contributed by atoms with E-state index in [0.29, 0.717) is 5.92 Å². The van der Waals surface area contributed by atoms with E-state index in [9.17, 15) is 0 Å². The number of hydrogen-bond acceptors (Lipinski definition) is 1. The van der Waals surface area contributed by atoms with Crippen LogP contribution in [0.3, 0.4) is 0 Å². The van der Waals surface area contributed by atoms with Crippen molar-refractivity contribution in [1.82, 2.24) is 0 Å². The molecule has 0 aliphatic rings. The van der Waals surface area contributed by atoms with Gasteiger partial charge in [0.1, 0.15) is 0 Å². The van der Waals surface area contributed by atoms with Crippen LogP contribution in [0.25, 0.3) is 0 Å². The van der Waals surface area contributed by atoms with E-state index in [1.54, 1.807) is 0 Å². The molecule has 0 fully saturated rings. The molecule has 0 aromatic heterocycles. The normalized spacial score (nSPS) is 15.6. The first-order valence-electron chi connectivity index (χ1n) is 9.76. The highest BCUT2D eigenvalue weighted by atomic mass is 32.1. The summed E-state index contributed by atoms with van der Waals surface area (Å²) in [6.45, 7) is 21.1. The first-order valence-corrected chi connectivity index (χ1v) is 10.2. The summed E-state index contributed by atoms with van der Waals surface area (Å²) in [7, 11) is 0. The van der Waals surface area contributed by atoms with Gasteiger partial charge >= 0.3 is 0 Å². The lowest BCUT2D eigenvalue weighted by molar-refractivity contribution is 0.429. The van der Waals surface area contributed by atoms with Crippen LogP contribution >= 0.6 is 12.6 Å². The molecule has 0 N–H and O–H groups in total. The van der Waals surface area contributed by atoms with Crippen LogP contribution < -0.4 is 0 Å². The van der Waals surface area contributed by atoms with Gasteiger partial charge in [0.15, 0.2) is 0 Å². The van der Waals surface area contributed by atoms with Gasteiger partial charge in [-0.05, 0) is 59.6 Å². The van der Waals surface area contributed by atoms with Crippen molar-refractivity contribution in [2.75, 3.05) is 0 Å². The van der Waals surface area contributed by atoms with E-state index < -0.39 is 0 Å². The van der Waals surface area contributed by atoms with Crippen molar-refractivity contribution < 1.29 is 0 Å². The molecular formula is C23H40S. The molecule has 1 aromatic rings. The molecule has 0 bridgehead atoms. The summed E-state index contributed by atoms with van der Waals surface area (Å²) in [4.78, 5) is 0. The Bertz CT molecular complexity index is 535. The second-order valence-electron chi connectivity index (χ2n) is 9.47. The third-order valence-electron chi connectivity index (χ3n) is 5.63. The van der Waals surface area contributed by atoms with Gasteiger partial charge in [0.05, 0.1) is 0 Å². The maximum atomic E-state index is 5.23. The van der Waals surface area contributed by atoms with E-state index in [-0.39, 0.29) is 15.6 Å². The minimum atomic E-state index is -0.0997. The third-order valence-corrected chi connectivity index (χ3v) is 6.03. The van der Waals surface area contributed by atoms with Crippen molar-refractivity contribution in [3.05, 3.63) is 34.9 Å². The summed E-state index contributed by atoms with van der Waals surface area (Å²) >= 11 is 5.23. The molecule has 0 nitrogen and oxygen atoms in total. The Labute approximate surface area is 157 Å². The largest absolute Gasteiger partial charge is 0.168 e. The van der Waals surface area contributed by atoms with Crippen molar-refractivity contribution in [2.24, 2.45) is 5.92 Å². The first-order chi connectivity index (χ1) is 10.9. The van der Waals surface area contributed by atoms with Crippen LogP contribution in [0.2, 0.25) is 0 Å². The van der Waals surface area contributed by atoms with Crippen LogP contribution in [0.5, 0.6) is 0 Å². The molecule has 1 atom stereocenters. The molecule has 0 heterocycles. The molecule has 0 saturated heterocycles. The monoisotopic (exact) mass is 348 g/mol. The van der Waals surface area contributed by atoms with Gasteiger partial charge in [-0.2, -0.15) is 12.6 Å². The SMILES string of the molecule is CCCC(C)(C)c1cccc(C(C)(C)CC)c1C(C)(S)CC(C)C. The van der Waals surface area contributed by atoms with E-state index in [1.807, 2.05) is 0 Å². The Morgan fingerprint density at radius 3 is 1.83 bits per heavy atom. The van der Waals surface area contributed by atoms with Gasteiger partial charge in [-0.15, -0.1) is 0 Å². The molecule has 1 aromatic carbocycles. The average molecular weight is 349 g/mol. The lowest BCUT2D eigenvalue weighted by atomic mass is 9.68. The molecule has 1 rings (SSSR count). The van der Waals surface area contributed by atoms with Crippen LogP contribution in [0.1, 0.15) is 105 Å². The highest BCUT2D eigenvalue weighted by Gasteiger charge is 2.36. The average Bonchev–Trinajstić information content (AvgIpc) is 2.45. The van der Waals surface area contributed by atoms with Crippen molar-refractivity contribution in [3.8, 4) is 0 Å². The Hall–Kier alpha value is -0.430. The van der Waals surface area contributed by atoms with E-state index in [1.165, 1.54) is 29.5 Å². The van der Waals surface area contributed by atoms with E-state index in [4.69, 9.17) is 12.6 Å². The van der Waals surface area contributed by atoms with E-state index in [2.05, 4.69) is 80.5 Å².